The quantitative estimate of drug-likeness (QED) is 0.792. The summed E-state index contributed by atoms with van der Waals surface area (Å²) in [6.45, 7) is 7.38. The van der Waals surface area contributed by atoms with Crippen LogP contribution in [0.25, 0.3) is 0 Å². The molecule has 2 rings (SSSR count). The van der Waals surface area contributed by atoms with Crippen LogP contribution >= 0.6 is 0 Å². The van der Waals surface area contributed by atoms with Gasteiger partial charge in [0.05, 0.1) is 0 Å². The minimum atomic E-state index is 0.764. The lowest BCUT2D eigenvalue weighted by atomic mass is 9.97. The molecule has 17 heavy (non-hydrogen) atoms. The van der Waals surface area contributed by atoms with E-state index in [0.29, 0.717) is 0 Å². The highest BCUT2D eigenvalue weighted by Gasteiger charge is 2.26. The molecule has 2 heteroatoms. The fourth-order valence-electron chi connectivity index (χ4n) is 3.60. The van der Waals surface area contributed by atoms with Gasteiger partial charge in [-0.3, -0.25) is 0 Å². The van der Waals surface area contributed by atoms with Gasteiger partial charge < -0.3 is 10.2 Å². The minimum absolute atomic E-state index is 0.764. The van der Waals surface area contributed by atoms with Crippen LogP contribution in [-0.2, 0) is 0 Å². The molecule has 0 aromatic rings. The maximum absolute atomic E-state index is 3.75. The van der Waals surface area contributed by atoms with Gasteiger partial charge in [0.25, 0.3) is 0 Å². The first kappa shape index (κ1) is 13.4. The second-order valence-electron chi connectivity index (χ2n) is 5.92. The summed E-state index contributed by atoms with van der Waals surface area (Å²) in [7, 11) is 0. The van der Waals surface area contributed by atoms with E-state index in [9.17, 15) is 0 Å². The Morgan fingerprint density at radius 2 is 1.65 bits per heavy atom. The SMILES string of the molecule is CCNC(CN1CCCCCC1)C1CCCC1. The molecule has 0 radical (unpaired) electrons. The Hall–Kier alpha value is -0.0800. The Bertz CT molecular complexity index is 191. The van der Waals surface area contributed by atoms with E-state index in [2.05, 4.69) is 17.1 Å². The molecule has 0 amide bonds. The van der Waals surface area contributed by atoms with E-state index in [1.54, 1.807) is 0 Å². The predicted octanol–water partition coefficient (Wildman–Crippen LogP) is 3.03. The third kappa shape index (κ3) is 4.26. The van der Waals surface area contributed by atoms with Crippen LogP contribution in [0.15, 0.2) is 0 Å². The van der Waals surface area contributed by atoms with Gasteiger partial charge in [-0.2, -0.15) is 0 Å². The van der Waals surface area contributed by atoms with Crippen molar-refractivity contribution in [3.05, 3.63) is 0 Å². The van der Waals surface area contributed by atoms with Gasteiger partial charge in [0.1, 0.15) is 0 Å². The Balaban J connectivity index is 1.82. The van der Waals surface area contributed by atoms with Crippen molar-refractivity contribution >= 4 is 0 Å². The van der Waals surface area contributed by atoms with Crippen LogP contribution in [0.4, 0.5) is 0 Å². The number of hydrogen-bond donors (Lipinski definition) is 1. The topological polar surface area (TPSA) is 15.3 Å². The van der Waals surface area contributed by atoms with Crippen LogP contribution in [0, 0.1) is 5.92 Å². The van der Waals surface area contributed by atoms with Gasteiger partial charge in [-0.1, -0.05) is 32.6 Å². The normalized spacial score (nSPS) is 25.9. The monoisotopic (exact) mass is 238 g/mol. The van der Waals surface area contributed by atoms with Gasteiger partial charge in [0, 0.05) is 12.6 Å². The molecule has 1 unspecified atom stereocenters. The molecule has 2 fully saturated rings. The van der Waals surface area contributed by atoms with Crippen LogP contribution in [0.5, 0.6) is 0 Å². The average molecular weight is 238 g/mol. The molecule has 1 N–H and O–H groups in total. The van der Waals surface area contributed by atoms with E-state index in [1.807, 2.05) is 0 Å². The van der Waals surface area contributed by atoms with Crippen LogP contribution in [0.3, 0.4) is 0 Å². The maximum atomic E-state index is 3.75. The third-order valence-electron chi connectivity index (χ3n) is 4.59. The minimum Gasteiger partial charge on any atom is -0.313 e. The average Bonchev–Trinajstić information content (AvgIpc) is 2.75. The molecule has 0 aromatic heterocycles. The van der Waals surface area contributed by atoms with Crippen molar-refractivity contribution in [2.45, 2.75) is 64.3 Å². The summed E-state index contributed by atoms with van der Waals surface area (Å²) < 4.78 is 0. The lowest BCUT2D eigenvalue weighted by Crippen LogP contribution is -2.45. The first-order valence-electron chi connectivity index (χ1n) is 7.86. The van der Waals surface area contributed by atoms with E-state index in [1.165, 1.54) is 71.0 Å². The second kappa shape index (κ2) is 7.38. The van der Waals surface area contributed by atoms with Gasteiger partial charge in [0.2, 0.25) is 0 Å². The predicted molar refractivity (Wildman–Crippen MR) is 74.3 cm³/mol. The zero-order valence-corrected chi connectivity index (χ0v) is 11.6. The maximum Gasteiger partial charge on any atom is 0.0223 e. The highest BCUT2D eigenvalue weighted by atomic mass is 15.1. The zero-order chi connectivity index (χ0) is 11.9. The number of nitrogens with one attached hydrogen (secondary N) is 1. The fourth-order valence-corrected chi connectivity index (χ4v) is 3.60. The molecule has 1 saturated heterocycles. The van der Waals surface area contributed by atoms with Gasteiger partial charge in [-0.05, 0) is 51.2 Å². The third-order valence-corrected chi connectivity index (χ3v) is 4.59. The molecule has 0 spiro atoms. The summed E-state index contributed by atoms with van der Waals surface area (Å²) in [5, 5.41) is 3.75. The molecule has 1 atom stereocenters. The van der Waals surface area contributed by atoms with Crippen molar-refractivity contribution in [1.29, 1.82) is 0 Å². The van der Waals surface area contributed by atoms with E-state index >= 15 is 0 Å². The van der Waals surface area contributed by atoms with E-state index in [4.69, 9.17) is 0 Å². The van der Waals surface area contributed by atoms with E-state index in [-0.39, 0.29) is 0 Å². The van der Waals surface area contributed by atoms with Crippen molar-refractivity contribution < 1.29 is 0 Å². The summed E-state index contributed by atoms with van der Waals surface area (Å²) in [6.07, 6.45) is 11.6. The van der Waals surface area contributed by atoms with Crippen LogP contribution < -0.4 is 5.32 Å². The number of rotatable bonds is 5. The number of nitrogens with zero attached hydrogens (tertiary/aromatic N) is 1. The van der Waals surface area contributed by atoms with Gasteiger partial charge >= 0.3 is 0 Å². The van der Waals surface area contributed by atoms with Crippen molar-refractivity contribution in [3.8, 4) is 0 Å². The van der Waals surface area contributed by atoms with E-state index < -0.39 is 0 Å². The molecule has 1 aliphatic heterocycles. The lowest BCUT2D eigenvalue weighted by molar-refractivity contribution is 0.215. The first-order valence-corrected chi connectivity index (χ1v) is 7.86. The molecule has 2 aliphatic rings. The molecule has 2 nitrogen and oxygen atoms in total. The Morgan fingerprint density at radius 3 is 2.24 bits per heavy atom. The summed E-state index contributed by atoms with van der Waals surface area (Å²) >= 11 is 0. The molecule has 0 bridgehead atoms. The van der Waals surface area contributed by atoms with Crippen LogP contribution in [0.2, 0.25) is 0 Å². The smallest absolute Gasteiger partial charge is 0.0223 e. The number of hydrogen-bond acceptors (Lipinski definition) is 2. The zero-order valence-electron chi connectivity index (χ0n) is 11.6. The molecular formula is C15H30N2. The lowest BCUT2D eigenvalue weighted by Gasteiger charge is -2.30. The molecule has 1 saturated carbocycles. The molecule has 1 aliphatic carbocycles. The van der Waals surface area contributed by atoms with Gasteiger partial charge in [0.15, 0.2) is 0 Å². The van der Waals surface area contributed by atoms with Gasteiger partial charge in [-0.15, -0.1) is 0 Å². The molecule has 100 valence electrons. The van der Waals surface area contributed by atoms with Crippen LogP contribution in [0.1, 0.15) is 58.3 Å². The van der Waals surface area contributed by atoms with E-state index in [0.717, 1.165) is 18.5 Å². The molecule has 0 aromatic carbocycles. The summed E-state index contributed by atoms with van der Waals surface area (Å²) in [5.74, 6) is 0.957. The second-order valence-corrected chi connectivity index (χ2v) is 5.92. The Labute approximate surface area is 107 Å². The van der Waals surface area contributed by atoms with Crippen molar-refractivity contribution in [2.24, 2.45) is 5.92 Å². The largest absolute Gasteiger partial charge is 0.313 e. The van der Waals surface area contributed by atoms with Crippen molar-refractivity contribution in [3.63, 3.8) is 0 Å². The summed E-state index contributed by atoms with van der Waals surface area (Å²) in [6, 6.07) is 0.764. The number of likely N-dealkylation sites (N-methyl/N-ethyl adjacent to an activating group) is 1. The Morgan fingerprint density at radius 1 is 1.00 bits per heavy atom. The summed E-state index contributed by atoms with van der Waals surface area (Å²) in [4.78, 5) is 2.72. The number of likely N-dealkylation sites (tertiary alicyclic amines) is 1. The van der Waals surface area contributed by atoms with Gasteiger partial charge in [-0.25, -0.2) is 0 Å². The summed E-state index contributed by atoms with van der Waals surface area (Å²) in [5.41, 5.74) is 0. The first-order chi connectivity index (χ1) is 8.40. The van der Waals surface area contributed by atoms with Crippen LogP contribution in [-0.4, -0.2) is 37.1 Å². The Kier molecular flexibility index (Phi) is 5.79. The highest BCUT2D eigenvalue weighted by molar-refractivity contribution is 4.83. The van der Waals surface area contributed by atoms with Crippen molar-refractivity contribution in [1.82, 2.24) is 10.2 Å². The molecular weight excluding hydrogens is 208 g/mol. The van der Waals surface area contributed by atoms with Crippen molar-refractivity contribution in [2.75, 3.05) is 26.2 Å². The molecule has 1 heterocycles. The fraction of sp³-hybridized carbons (Fsp3) is 1.00. The standard InChI is InChI=1S/C15H30N2/c1-2-16-15(14-9-5-6-10-14)13-17-11-7-3-4-8-12-17/h14-16H,2-13H2,1H3. The highest BCUT2D eigenvalue weighted by Crippen LogP contribution is 2.28.